The summed E-state index contributed by atoms with van der Waals surface area (Å²) in [7, 11) is 0. The van der Waals surface area contributed by atoms with Crippen LogP contribution < -0.4 is 5.32 Å². The second-order valence-corrected chi connectivity index (χ2v) is 6.02. The number of hydrogen-bond acceptors (Lipinski definition) is 3. The first kappa shape index (κ1) is 12.7. The van der Waals surface area contributed by atoms with E-state index in [-0.39, 0.29) is 0 Å². The summed E-state index contributed by atoms with van der Waals surface area (Å²) in [6.07, 6.45) is 0. The summed E-state index contributed by atoms with van der Waals surface area (Å²) in [5.74, 6) is 0. The molecule has 0 radical (unpaired) electrons. The Balaban J connectivity index is 1.78. The SMILES string of the molecule is Clc1cccc(CNc2nc3cc(Cl)ccc3s2)c1. The highest BCUT2D eigenvalue weighted by Gasteiger charge is 2.04. The largest absolute Gasteiger partial charge is 0.357 e. The summed E-state index contributed by atoms with van der Waals surface area (Å²) in [5, 5.41) is 5.64. The van der Waals surface area contributed by atoms with Crippen LogP contribution in [0.4, 0.5) is 5.13 Å². The van der Waals surface area contributed by atoms with Crippen LogP contribution in [0.25, 0.3) is 10.2 Å². The summed E-state index contributed by atoms with van der Waals surface area (Å²) in [4.78, 5) is 4.50. The first-order chi connectivity index (χ1) is 9.20. The second-order valence-electron chi connectivity index (χ2n) is 4.11. The number of benzene rings is 2. The number of rotatable bonds is 3. The van der Waals surface area contributed by atoms with Gasteiger partial charge in [0.2, 0.25) is 0 Å². The maximum atomic E-state index is 5.95. The molecule has 0 aliphatic carbocycles. The summed E-state index contributed by atoms with van der Waals surface area (Å²) in [6, 6.07) is 13.5. The van der Waals surface area contributed by atoms with Crippen LogP contribution in [0.1, 0.15) is 5.56 Å². The quantitative estimate of drug-likeness (QED) is 0.718. The molecular formula is C14H10Cl2N2S. The third-order valence-corrected chi connectivity index (χ3v) is 4.15. The maximum Gasteiger partial charge on any atom is 0.184 e. The molecule has 96 valence electrons. The van der Waals surface area contributed by atoms with Crippen LogP contribution in [-0.4, -0.2) is 4.98 Å². The fourth-order valence-electron chi connectivity index (χ4n) is 1.80. The minimum Gasteiger partial charge on any atom is -0.357 e. The summed E-state index contributed by atoms with van der Waals surface area (Å²) in [5.41, 5.74) is 2.05. The molecule has 0 saturated heterocycles. The average Bonchev–Trinajstić information content (AvgIpc) is 2.78. The third kappa shape index (κ3) is 3.00. The molecule has 0 amide bonds. The van der Waals surface area contributed by atoms with Gasteiger partial charge in [-0.3, -0.25) is 0 Å². The topological polar surface area (TPSA) is 24.9 Å². The van der Waals surface area contributed by atoms with E-state index in [1.54, 1.807) is 11.3 Å². The van der Waals surface area contributed by atoms with Gasteiger partial charge in [0.1, 0.15) is 0 Å². The van der Waals surface area contributed by atoms with Gasteiger partial charge in [0.05, 0.1) is 10.2 Å². The number of nitrogens with one attached hydrogen (secondary N) is 1. The van der Waals surface area contributed by atoms with Gasteiger partial charge in [-0.1, -0.05) is 46.7 Å². The number of thiazole rings is 1. The first-order valence-electron chi connectivity index (χ1n) is 5.75. The lowest BCUT2D eigenvalue weighted by Gasteiger charge is -2.02. The van der Waals surface area contributed by atoms with Crippen LogP contribution in [0.2, 0.25) is 10.0 Å². The van der Waals surface area contributed by atoms with Gasteiger partial charge in [-0.15, -0.1) is 0 Å². The molecule has 1 aromatic heterocycles. The van der Waals surface area contributed by atoms with Crippen molar-refractivity contribution >= 4 is 49.9 Å². The van der Waals surface area contributed by atoms with Crippen molar-refractivity contribution < 1.29 is 0 Å². The maximum absolute atomic E-state index is 5.95. The molecule has 3 aromatic rings. The van der Waals surface area contributed by atoms with Crippen LogP contribution in [0.3, 0.4) is 0 Å². The summed E-state index contributed by atoms with van der Waals surface area (Å²) >= 11 is 13.5. The minimum absolute atomic E-state index is 0.702. The van der Waals surface area contributed by atoms with Gasteiger partial charge in [0, 0.05) is 16.6 Å². The monoisotopic (exact) mass is 308 g/mol. The Kier molecular flexibility index (Phi) is 3.60. The summed E-state index contributed by atoms with van der Waals surface area (Å²) in [6.45, 7) is 0.702. The predicted molar refractivity (Wildman–Crippen MR) is 83.4 cm³/mol. The molecule has 2 aromatic carbocycles. The Morgan fingerprint density at radius 1 is 1.05 bits per heavy atom. The molecule has 5 heteroatoms. The van der Waals surface area contributed by atoms with E-state index < -0.39 is 0 Å². The van der Waals surface area contributed by atoms with Crippen molar-refractivity contribution in [2.45, 2.75) is 6.54 Å². The minimum atomic E-state index is 0.702. The smallest absolute Gasteiger partial charge is 0.184 e. The number of aromatic nitrogens is 1. The van der Waals surface area contributed by atoms with Crippen LogP contribution in [-0.2, 0) is 6.54 Å². The zero-order valence-corrected chi connectivity index (χ0v) is 12.2. The van der Waals surface area contributed by atoms with Gasteiger partial charge >= 0.3 is 0 Å². The van der Waals surface area contributed by atoms with Crippen molar-refractivity contribution in [3.8, 4) is 0 Å². The first-order valence-corrected chi connectivity index (χ1v) is 7.32. The molecule has 1 heterocycles. The highest BCUT2D eigenvalue weighted by atomic mass is 35.5. The molecule has 0 spiro atoms. The van der Waals surface area contributed by atoms with E-state index in [0.29, 0.717) is 11.6 Å². The van der Waals surface area contributed by atoms with Crippen molar-refractivity contribution in [1.82, 2.24) is 4.98 Å². The molecule has 3 rings (SSSR count). The van der Waals surface area contributed by atoms with E-state index in [2.05, 4.69) is 10.3 Å². The molecule has 0 aliphatic heterocycles. The van der Waals surface area contributed by atoms with Crippen molar-refractivity contribution in [1.29, 1.82) is 0 Å². The molecule has 0 saturated carbocycles. The highest BCUT2D eigenvalue weighted by molar-refractivity contribution is 7.22. The normalized spacial score (nSPS) is 10.8. The van der Waals surface area contributed by atoms with E-state index in [9.17, 15) is 0 Å². The van der Waals surface area contributed by atoms with Crippen LogP contribution in [0.15, 0.2) is 42.5 Å². The molecule has 1 N–H and O–H groups in total. The van der Waals surface area contributed by atoms with Gasteiger partial charge in [0.25, 0.3) is 0 Å². The van der Waals surface area contributed by atoms with Crippen molar-refractivity contribution in [2.24, 2.45) is 0 Å². The molecule has 0 aliphatic rings. The fourth-order valence-corrected chi connectivity index (χ4v) is 3.02. The molecule has 0 fully saturated rings. The van der Waals surface area contributed by atoms with Crippen LogP contribution >= 0.6 is 34.5 Å². The van der Waals surface area contributed by atoms with E-state index in [4.69, 9.17) is 23.2 Å². The molecular weight excluding hydrogens is 299 g/mol. The Labute approximate surface area is 125 Å². The zero-order chi connectivity index (χ0) is 13.2. The Hall–Kier alpha value is -1.29. The van der Waals surface area contributed by atoms with Gasteiger partial charge in [-0.2, -0.15) is 0 Å². The average molecular weight is 309 g/mol. The number of anilines is 1. The van der Waals surface area contributed by atoms with E-state index >= 15 is 0 Å². The van der Waals surface area contributed by atoms with Gasteiger partial charge in [0.15, 0.2) is 5.13 Å². The van der Waals surface area contributed by atoms with E-state index in [1.165, 1.54) is 0 Å². The van der Waals surface area contributed by atoms with Crippen LogP contribution in [0.5, 0.6) is 0 Å². The number of nitrogens with zero attached hydrogens (tertiary/aromatic N) is 1. The van der Waals surface area contributed by atoms with Crippen molar-refractivity contribution in [3.05, 3.63) is 58.1 Å². The third-order valence-electron chi connectivity index (χ3n) is 2.68. The second kappa shape index (κ2) is 5.37. The molecule has 19 heavy (non-hydrogen) atoms. The predicted octanol–water partition coefficient (Wildman–Crippen LogP) is 5.22. The van der Waals surface area contributed by atoms with Gasteiger partial charge in [-0.25, -0.2) is 4.98 Å². The van der Waals surface area contributed by atoms with E-state index in [0.717, 1.165) is 25.9 Å². The lowest BCUT2D eigenvalue weighted by molar-refractivity contribution is 1.14. The molecule has 2 nitrogen and oxygen atoms in total. The number of halogens is 2. The van der Waals surface area contributed by atoms with E-state index in [1.807, 2.05) is 42.5 Å². The lowest BCUT2D eigenvalue weighted by Crippen LogP contribution is -1.98. The standard InChI is InChI=1S/C14H10Cl2N2S/c15-10-3-1-2-9(6-10)8-17-14-18-12-7-11(16)4-5-13(12)19-14/h1-7H,8H2,(H,17,18). The van der Waals surface area contributed by atoms with Gasteiger partial charge in [-0.05, 0) is 35.9 Å². The summed E-state index contributed by atoms with van der Waals surface area (Å²) < 4.78 is 1.12. The molecule has 0 bridgehead atoms. The zero-order valence-electron chi connectivity index (χ0n) is 9.86. The Bertz CT molecular complexity index is 724. The highest BCUT2D eigenvalue weighted by Crippen LogP contribution is 2.28. The molecule has 0 unspecified atom stereocenters. The number of fused-ring (bicyclic) bond motifs is 1. The fraction of sp³-hybridized carbons (Fsp3) is 0.0714. The number of hydrogen-bond donors (Lipinski definition) is 1. The van der Waals surface area contributed by atoms with Crippen LogP contribution in [0, 0.1) is 0 Å². The Morgan fingerprint density at radius 2 is 1.89 bits per heavy atom. The lowest BCUT2D eigenvalue weighted by atomic mass is 10.2. The van der Waals surface area contributed by atoms with Crippen molar-refractivity contribution in [3.63, 3.8) is 0 Å². The van der Waals surface area contributed by atoms with Crippen molar-refractivity contribution in [2.75, 3.05) is 5.32 Å². The Morgan fingerprint density at radius 3 is 2.74 bits per heavy atom. The van der Waals surface area contributed by atoms with Gasteiger partial charge < -0.3 is 5.32 Å². The molecule has 0 atom stereocenters.